The summed E-state index contributed by atoms with van der Waals surface area (Å²) in [4.78, 5) is 30.3. The number of fused-ring (bicyclic) bond motifs is 1. The van der Waals surface area contributed by atoms with Crippen molar-refractivity contribution in [2.24, 2.45) is 51.2 Å². The normalized spacial score (nSPS) is 44.5. The molecule has 264 valence electrons. The summed E-state index contributed by atoms with van der Waals surface area (Å²) in [6.07, 6.45) is 16.9. The minimum Gasteiger partial charge on any atom is -0.461 e. The fraction of sp³-hybridized carbons (Fsp3) is 0.756. The number of aliphatic hydroxyl groups excluding tert-OH is 1. The van der Waals surface area contributed by atoms with Crippen molar-refractivity contribution in [3.63, 3.8) is 0 Å². The maximum Gasteiger partial charge on any atom is 0.410 e. The van der Waals surface area contributed by atoms with Gasteiger partial charge in [-0.3, -0.25) is 4.79 Å². The van der Waals surface area contributed by atoms with E-state index in [0.29, 0.717) is 42.9 Å². The third kappa shape index (κ3) is 4.79. The number of Topliss-reactive ketones (excluding diaryl/α,β-unsaturated/α-hetero) is 1. The van der Waals surface area contributed by atoms with Gasteiger partial charge in [0.1, 0.15) is 6.10 Å². The minimum atomic E-state index is -1.12. The molecule has 0 aliphatic heterocycles. The first kappa shape index (κ1) is 34.1. The number of nitrogens with zero attached hydrogens (tertiary/aromatic N) is 1. The number of rotatable bonds is 8. The Bertz CT molecular complexity index is 1460. The van der Waals surface area contributed by atoms with Crippen LogP contribution in [-0.4, -0.2) is 57.9 Å². The van der Waals surface area contributed by atoms with Gasteiger partial charge in [0, 0.05) is 28.4 Å². The molecule has 7 aliphatic rings. The molecule has 1 heterocycles. The third-order valence-corrected chi connectivity index (χ3v) is 15.1. The van der Waals surface area contributed by atoms with E-state index in [0.717, 1.165) is 56.9 Å². The first-order valence-corrected chi connectivity index (χ1v) is 19.1. The second kappa shape index (κ2) is 11.9. The number of amides is 1. The SMILES string of the molecule is CCCN(C[C@]1(O)CC[C@H]2[C@]34C=C[C@@]5(C=C3C(=O)c3ccco3)CC(O)CC[C@]5(C)[C@H]4CC[C@@]21C)C(=O)O[C@H]1C[C@@H](C)CC[C@@H]1C(C)C. The lowest BCUT2D eigenvalue weighted by molar-refractivity contribution is -0.175. The summed E-state index contributed by atoms with van der Waals surface area (Å²) in [5.74, 6) is 1.83. The van der Waals surface area contributed by atoms with Crippen LogP contribution in [-0.2, 0) is 4.74 Å². The van der Waals surface area contributed by atoms with Gasteiger partial charge in [-0.1, -0.05) is 66.2 Å². The van der Waals surface area contributed by atoms with E-state index in [2.05, 4.69) is 59.8 Å². The zero-order valence-electron chi connectivity index (χ0n) is 30.2. The average Bonchev–Trinajstić information content (AvgIpc) is 3.67. The Labute approximate surface area is 287 Å². The quantitative estimate of drug-likeness (QED) is 0.215. The van der Waals surface area contributed by atoms with Gasteiger partial charge in [-0.2, -0.15) is 0 Å². The molecule has 0 saturated heterocycles. The Morgan fingerprint density at radius 2 is 1.77 bits per heavy atom. The molecule has 4 saturated carbocycles. The molecule has 7 aliphatic carbocycles. The van der Waals surface area contributed by atoms with Crippen LogP contribution in [0.3, 0.4) is 0 Å². The highest BCUT2D eigenvalue weighted by molar-refractivity contribution is 6.08. The lowest BCUT2D eigenvalue weighted by Crippen LogP contribution is -2.67. The molecule has 2 spiro atoms. The molecule has 0 aromatic carbocycles. The topological polar surface area (TPSA) is 100 Å². The van der Waals surface area contributed by atoms with Crippen LogP contribution in [0.2, 0.25) is 0 Å². The molecule has 7 nitrogen and oxygen atoms in total. The Morgan fingerprint density at radius 3 is 2.48 bits per heavy atom. The Morgan fingerprint density at radius 1 is 1.04 bits per heavy atom. The fourth-order valence-corrected chi connectivity index (χ4v) is 12.4. The van der Waals surface area contributed by atoms with Crippen LogP contribution in [0.1, 0.15) is 123 Å². The maximum absolute atomic E-state index is 14.5. The van der Waals surface area contributed by atoms with Gasteiger partial charge in [0.15, 0.2) is 5.76 Å². The molecule has 11 atom stereocenters. The summed E-state index contributed by atoms with van der Waals surface area (Å²) in [6, 6.07) is 3.52. The number of allylic oxidation sites excluding steroid dienone is 4. The van der Waals surface area contributed by atoms with Crippen LogP contribution in [0.4, 0.5) is 4.79 Å². The standard InChI is InChI=1S/C41H59NO6/c1-7-20-42(36(45)48-32-22-27(4)10-11-29(32)26(2)3)25-40(46)17-14-34-38(40,6)16-13-33-37(5)15-12-28(43)23-39(37)18-19-41(33,34)30(24-39)35(44)31-9-8-21-47-31/h8-9,18-19,21,24,26-29,32-34,43,46H,7,10-17,20,22-23,25H2,1-6H3/t27-,28?,29+,32-,33+,34+,37+,38-,39-,40+,41+/m0/s1. The number of hydrogen-bond donors (Lipinski definition) is 2. The summed E-state index contributed by atoms with van der Waals surface area (Å²) < 4.78 is 12.1. The zero-order valence-corrected chi connectivity index (χ0v) is 30.2. The average molecular weight is 662 g/mol. The van der Waals surface area contributed by atoms with E-state index in [4.69, 9.17) is 9.15 Å². The molecule has 2 N–H and O–H groups in total. The lowest BCUT2D eigenvalue weighted by Gasteiger charge is -2.71. The van der Waals surface area contributed by atoms with Gasteiger partial charge < -0.3 is 24.3 Å². The third-order valence-electron chi connectivity index (χ3n) is 15.1. The second-order valence-electron chi connectivity index (χ2n) is 17.8. The van der Waals surface area contributed by atoms with Crippen molar-refractivity contribution in [2.75, 3.05) is 13.1 Å². The first-order valence-electron chi connectivity index (χ1n) is 19.1. The Balaban J connectivity index is 1.23. The van der Waals surface area contributed by atoms with E-state index in [1.165, 1.54) is 6.42 Å². The summed E-state index contributed by atoms with van der Waals surface area (Å²) in [5, 5.41) is 23.8. The van der Waals surface area contributed by atoms with Crippen molar-refractivity contribution in [1.29, 1.82) is 0 Å². The van der Waals surface area contributed by atoms with Gasteiger partial charge in [-0.25, -0.2) is 4.79 Å². The van der Waals surface area contributed by atoms with Crippen LogP contribution in [0.15, 0.2) is 46.6 Å². The molecule has 2 bridgehead atoms. The van der Waals surface area contributed by atoms with Gasteiger partial charge in [-0.05, 0) is 111 Å². The number of aliphatic hydroxyl groups is 2. The Kier molecular flexibility index (Phi) is 8.42. The fourth-order valence-electron chi connectivity index (χ4n) is 12.4. The smallest absolute Gasteiger partial charge is 0.410 e. The molecule has 1 aromatic heterocycles. The molecule has 4 fully saturated rings. The van der Waals surface area contributed by atoms with Crippen molar-refractivity contribution >= 4 is 11.9 Å². The van der Waals surface area contributed by atoms with Crippen LogP contribution >= 0.6 is 0 Å². The molecule has 7 heteroatoms. The summed E-state index contributed by atoms with van der Waals surface area (Å²) in [5.41, 5.74) is -1.90. The lowest BCUT2D eigenvalue weighted by atomic mass is 9.32. The van der Waals surface area contributed by atoms with Crippen molar-refractivity contribution in [3.05, 3.63) is 48.0 Å². The predicted octanol–water partition coefficient (Wildman–Crippen LogP) is 8.36. The summed E-state index contributed by atoms with van der Waals surface area (Å²) >= 11 is 0. The molecular weight excluding hydrogens is 602 g/mol. The van der Waals surface area contributed by atoms with Gasteiger partial charge in [0.05, 0.1) is 24.5 Å². The van der Waals surface area contributed by atoms with E-state index in [-0.39, 0.29) is 47.2 Å². The monoisotopic (exact) mass is 661 g/mol. The molecule has 1 aromatic rings. The zero-order chi connectivity index (χ0) is 34.3. The van der Waals surface area contributed by atoms with Crippen molar-refractivity contribution in [1.82, 2.24) is 4.90 Å². The van der Waals surface area contributed by atoms with E-state index >= 15 is 0 Å². The van der Waals surface area contributed by atoms with E-state index in [1.54, 1.807) is 23.3 Å². The van der Waals surface area contributed by atoms with E-state index in [9.17, 15) is 19.8 Å². The van der Waals surface area contributed by atoms with Gasteiger partial charge >= 0.3 is 6.09 Å². The van der Waals surface area contributed by atoms with Crippen LogP contribution in [0.25, 0.3) is 0 Å². The van der Waals surface area contributed by atoms with Crippen LogP contribution < -0.4 is 0 Å². The molecule has 48 heavy (non-hydrogen) atoms. The summed E-state index contributed by atoms with van der Waals surface area (Å²) in [6.45, 7) is 14.2. The number of ketones is 1. The van der Waals surface area contributed by atoms with E-state index < -0.39 is 22.5 Å². The number of carbonyl (C=O) groups excluding carboxylic acids is 2. The van der Waals surface area contributed by atoms with Gasteiger partial charge in [0.25, 0.3) is 0 Å². The van der Waals surface area contributed by atoms with Crippen LogP contribution in [0.5, 0.6) is 0 Å². The first-order chi connectivity index (χ1) is 22.7. The molecule has 1 unspecified atom stereocenters. The number of ether oxygens (including phenoxy) is 1. The van der Waals surface area contributed by atoms with E-state index in [1.807, 2.05) is 0 Å². The molecule has 8 rings (SSSR count). The van der Waals surface area contributed by atoms with Crippen molar-refractivity contribution in [3.8, 4) is 0 Å². The molecular formula is C41H59NO6. The van der Waals surface area contributed by atoms with Gasteiger partial charge in [0.2, 0.25) is 5.78 Å². The largest absolute Gasteiger partial charge is 0.461 e. The van der Waals surface area contributed by atoms with Crippen LogP contribution in [0, 0.1) is 51.2 Å². The number of hydrogen-bond acceptors (Lipinski definition) is 6. The molecule has 1 amide bonds. The predicted molar refractivity (Wildman–Crippen MR) is 185 cm³/mol. The highest BCUT2D eigenvalue weighted by atomic mass is 16.6. The second-order valence-corrected chi connectivity index (χ2v) is 17.8. The highest BCUT2D eigenvalue weighted by Gasteiger charge is 2.74. The minimum absolute atomic E-state index is 0.0150. The van der Waals surface area contributed by atoms with Crippen molar-refractivity contribution in [2.45, 2.75) is 130 Å². The molecule has 0 radical (unpaired) electrons. The number of carbonyl (C=O) groups is 2. The van der Waals surface area contributed by atoms with Crippen molar-refractivity contribution < 1.29 is 29.0 Å². The highest BCUT2D eigenvalue weighted by Crippen LogP contribution is 2.78. The van der Waals surface area contributed by atoms with Gasteiger partial charge in [-0.15, -0.1) is 0 Å². The maximum atomic E-state index is 14.5. The summed E-state index contributed by atoms with van der Waals surface area (Å²) in [7, 11) is 0. The Hall–Kier alpha value is -2.38. The number of furan rings is 1.